The van der Waals surface area contributed by atoms with Gasteiger partial charge in [-0.2, -0.15) is 5.10 Å². The van der Waals surface area contributed by atoms with E-state index in [0.717, 1.165) is 11.4 Å². The number of amides is 1. The number of carbonyl (C=O) groups is 1. The fourth-order valence-electron chi connectivity index (χ4n) is 1.77. The van der Waals surface area contributed by atoms with Gasteiger partial charge in [-0.25, -0.2) is 4.98 Å². The molecule has 0 atom stereocenters. The highest BCUT2D eigenvalue weighted by molar-refractivity contribution is 5.97. The molecule has 0 bridgehead atoms. The normalized spacial score (nSPS) is 10.6. The zero-order valence-corrected chi connectivity index (χ0v) is 10.4. The molecular weight excluding hydrogens is 232 g/mol. The summed E-state index contributed by atoms with van der Waals surface area (Å²) in [7, 11) is 1.71. The van der Waals surface area contributed by atoms with E-state index in [2.05, 4.69) is 20.4 Å². The number of hydrogen-bond acceptors (Lipinski definition) is 4. The highest BCUT2D eigenvalue weighted by Crippen LogP contribution is 2.16. The molecular formula is C11H16N6O. The Hall–Kier alpha value is -2.31. The van der Waals surface area contributed by atoms with Gasteiger partial charge in [0.2, 0.25) is 0 Å². The monoisotopic (exact) mass is 248 g/mol. The van der Waals surface area contributed by atoms with Crippen LogP contribution in [0.25, 0.3) is 0 Å². The third kappa shape index (κ3) is 2.20. The number of aromatic amines is 1. The van der Waals surface area contributed by atoms with E-state index in [1.165, 1.54) is 4.68 Å². The minimum atomic E-state index is -0.239. The van der Waals surface area contributed by atoms with Gasteiger partial charge in [-0.3, -0.25) is 9.48 Å². The van der Waals surface area contributed by atoms with Gasteiger partial charge in [0.15, 0.2) is 0 Å². The molecule has 7 nitrogen and oxygen atoms in total. The number of H-pyrrole nitrogens is 1. The van der Waals surface area contributed by atoms with Gasteiger partial charge in [0.1, 0.15) is 5.69 Å². The van der Waals surface area contributed by atoms with E-state index in [-0.39, 0.29) is 5.91 Å². The molecule has 96 valence electrons. The maximum Gasteiger partial charge on any atom is 0.272 e. The number of anilines is 1. The lowest BCUT2D eigenvalue weighted by Crippen LogP contribution is -2.26. The molecule has 18 heavy (non-hydrogen) atoms. The molecule has 0 unspecified atom stereocenters. The first-order valence-corrected chi connectivity index (χ1v) is 5.70. The molecule has 2 heterocycles. The van der Waals surface area contributed by atoms with Crippen molar-refractivity contribution in [2.75, 3.05) is 5.73 Å². The molecule has 2 rings (SSSR count). The lowest BCUT2D eigenvalue weighted by Gasteiger charge is -2.04. The van der Waals surface area contributed by atoms with Crippen molar-refractivity contribution in [2.45, 2.75) is 19.9 Å². The number of aromatic nitrogens is 4. The largest absolute Gasteiger partial charge is 0.395 e. The molecule has 4 N–H and O–H groups in total. The predicted octanol–water partition coefficient (Wildman–Crippen LogP) is 0.218. The SMILES string of the molecule is CCc1nn(C)c(C(=O)NCc2cnc[nH]2)c1N. The lowest BCUT2D eigenvalue weighted by atomic mass is 10.2. The standard InChI is InChI=1S/C11H16N6O/c1-3-8-9(12)10(17(2)16-8)11(18)14-5-7-4-13-6-15-7/h4,6H,3,5,12H2,1-2H3,(H,13,15)(H,14,18). The molecule has 0 aliphatic carbocycles. The second-order valence-electron chi connectivity index (χ2n) is 3.95. The fraction of sp³-hybridized carbons (Fsp3) is 0.364. The van der Waals surface area contributed by atoms with E-state index in [4.69, 9.17) is 5.73 Å². The average Bonchev–Trinajstić information content (AvgIpc) is 2.94. The molecule has 2 aromatic rings. The Morgan fingerprint density at radius 2 is 2.39 bits per heavy atom. The van der Waals surface area contributed by atoms with Crippen molar-refractivity contribution in [1.82, 2.24) is 25.1 Å². The number of nitrogens with zero attached hydrogens (tertiary/aromatic N) is 3. The second kappa shape index (κ2) is 4.91. The van der Waals surface area contributed by atoms with Crippen molar-refractivity contribution in [3.05, 3.63) is 29.6 Å². The Morgan fingerprint density at radius 1 is 1.61 bits per heavy atom. The Labute approximate surface area is 104 Å². The number of carbonyl (C=O) groups excluding carboxylic acids is 1. The molecule has 0 aromatic carbocycles. The smallest absolute Gasteiger partial charge is 0.272 e. The third-order valence-electron chi connectivity index (χ3n) is 2.70. The van der Waals surface area contributed by atoms with E-state index in [0.29, 0.717) is 24.3 Å². The topological polar surface area (TPSA) is 102 Å². The number of hydrogen-bond donors (Lipinski definition) is 3. The molecule has 0 saturated carbocycles. The van der Waals surface area contributed by atoms with E-state index in [1.54, 1.807) is 19.6 Å². The first kappa shape index (κ1) is 12.2. The zero-order chi connectivity index (χ0) is 13.1. The zero-order valence-electron chi connectivity index (χ0n) is 10.4. The summed E-state index contributed by atoms with van der Waals surface area (Å²) in [5.74, 6) is -0.239. The van der Waals surface area contributed by atoms with E-state index < -0.39 is 0 Å². The maximum atomic E-state index is 12.0. The fourth-order valence-corrected chi connectivity index (χ4v) is 1.77. The van der Waals surface area contributed by atoms with Gasteiger partial charge in [-0.15, -0.1) is 0 Å². The molecule has 0 saturated heterocycles. The van der Waals surface area contributed by atoms with Gasteiger partial charge in [-0.05, 0) is 6.42 Å². The van der Waals surface area contributed by atoms with Crippen LogP contribution in [0.4, 0.5) is 5.69 Å². The van der Waals surface area contributed by atoms with Crippen LogP contribution in [-0.4, -0.2) is 25.7 Å². The van der Waals surface area contributed by atoms with Gasteiger partial charge < -0.3 is 16.0 Å². The molecule has 0 fully saturated rings. The van der Waals surface area contributed by atoms with Crippen LogP contribution < -0.4 is 11.1 Å². The number of nitrogens with one attached hydrogen (secondary N) is 2. The highest BCUT2D eigenvalue weighted by atomic mass is 16.2. The van der Waals surface area contributed by atoms with Gasteiger partial charge in [-0.1, -0.05) is 6.92 Å². The van der Waals surface area contributed by atoms with Gasteiger partial charge in [0.25, 0.3) is 5.91 Å². The maximum absolute atomic E-state index is 12.0. The second-order valence-corrected chi connectivity index (χ2v) is 3.95. The number of nitrogen functional groups attached to an aromatic ring is 1. The molecule has 0 aliphatic rings. The van der Waals surface area contributed by atoms with Gasteiger partial charge in [0, 0.05) is 13.2 Å². The van der Waals surface area contributed by atoms with Gasteiger partial charge >= 0.3 is 0 Å². The van der Waals surface area contributed by atoms with Crippen LogP contribution in [0.3, 0.4) is 0 Å². The van der Waals surface area contributed by atoms with Crippen LogP contribution in [0.1, 0.15) is 28.8 Å². The van der Waals surface area contributed by atoms with Crippen molar-refractivity contribution < 1.29 is 4.79 Å². The van der Waals surface area contributed by atoms with Crippen LogP contribution >= 0.6 is 0 Å². The van der Waals surface area contributed by atoms with E-state index in [1.807, 2.05) is 6.92 Å². The molecule has 2 aromatic heterocycles. The average molecular weight is 248 g/mol. The van der Waals surface area contributed by atoms with Crippen LogP contribution in [0.2, 0.25) is 0 Å². The van der Waals surface area contributed by atoms with Crippen molar-refractivity contribution in [3.8, 4) is 0 Å². The van der Waals surface area contributed by atoms with E-state index >= 15 is 0 Å². The third-order valence-corrected chi connectivity index (χ3v) is 2.70. The summed E-state index contributed by atoms with van der Waals surface area (Å²) in [6.45, 7) is 2.33. The van der Waals surface area contributed by atoms with Crippen molar-refractivity contribution in [3.63, 3.8) is 0 Å². The summed E-state index contributed by atoms with van der Waals surface area (Å²) >= 11 is 0. The van der Waals surface area contributed by atoms with Crippen molar-refractivity contribution in [1.29, 1.82) is 0 Å². The first-order valence-electron chi connectivity index (χ1n) is 5.70. The number of imidazole rings is 1. The Morgan fingerprint density at radius 3 is 2.94 bits per heavy atom. The summed E-state index contributed by atoms with van der Waals surface area (Å²) in [5.41, 5.74) is 8.31. The minimum Gasteiger partial charge on any atom is -0.395 e. The highest BCUT2D eigenvalue weighted by Gasteiger charge is 2.18. The summed E-state index contributed by atoms with van der Waals surface area (Å²) in [5, 5.41) is 6.97. The van der Waals surface area contributed by atoms with Crippen LogP contribution in [-0.2, 0) is 20.0 Å². The Bertz CT molecular complexity index is 542. The molecule has 0 aliphatic heterocycles. The number of aryl methyl sites for hydroxylation is 2. The molecule has 0 spiro atoms. The van der Waals surface area contributed by atoms with E-state index in [9.17, 15) is 4.79 Å². The number of rotatable bonds is 4. The van der Waals surface area contributed by atoms with Crippen molar-refractivity contribution in [2.24, 2.45) is 7.05 Å². The predicted molar refractivity (Wildman–Crippen MR) is 66.8 cm³/mol. The summed E-state index contributed by atoms with van der Waals surface area (Å²) in [4.78, 5) is 18.8. The molecule has 0 radical (unpaired) electrons. The molecule has 7 heteroatoms. The quantitative estimate of drug-likeness (QED) is 0.720. The Balaban J connectivity index is 2.11. The van der Waals surface area contributed by atoms with Crippen LogP contribution in [0.5, 0.6) is 0 Å². The lowest BCUT2D eigenvalue weighted by molar-refractivity contribution is 0.0942. The summed E-state index contributed by atoms with van der Waals surface area (Å²) < 4.78 is 1.51. The first-order chi connectivity index (χ1) is 8.63. The van der Waals surface area contributed by atoms with Crippen LogP contribution in [0, 0.1) is 0 Å². The number of nitrogens with two attached hydrogens (primary N) is 1. The van der Waals surface area contributed by atoms with Gasteiger partial charge in [0.05, 0.1) is 29.9 Å². The minimum absolute atomic E-state index is 0.239. The van der Waals surface area contributed by atoms with Crippen LogP contribution in [0.15, 0.2) is 12.5 Å². The van der Waals surface area contributed by atoms with Crippen molar-refractivity contribution >= 4 is 11.6 Å². The summed E-state index contributed by atoms with van der Waals surface area (Å²) in [6.07, 6.45) is 3.92. The summed E-state index contributed by atoms with van der Waals surface area (Å²) in [6, 6.07) is 0. The molecule has 1 amide bonds. The Kier molecular flexibility index (Phi) is 3.31.